The van der Waals surface area contributed by atoms with Gasteiger partial charge in [0.1, 0.15) is 0 Å². The van der Waals surface area contributed by atoms with E-state index in [0.29, 0.717) is 0 Å². The van der Waals surface area contributed by atoms with E-state index < -0.39 is 0 Å². The highest BCUT2D eigenvalue weighted by molar-refractivity contribution is 5.65. The van der Waals surface area contributed by atoms with Gasteiger partial charge < -0.3 is 4.74 Å². The smallest absolute Gasteiger partial charge is 0.0980 e. The molecule has 1 heterocycles. The van der Waals surface area contributed by atoms with Crippen LogP contribution in [0.25, 0.3) is 23.7 Å². The second kappa shape index (κ2) is 4.95. The molecule has 0 N–H and O–H groups in total. The van der Waals surface area contributed by atoms with Gasteiger partial charge in [-0.2, -0.15) is 0 Å². The summed E-state index contributed by atoms with van der Waals surface area (Å²) < 4.78 is 5.59. The Balaban J connectivity index is 2.29. The molecule has 21 heavy (non-hydrogen) atoms. The normalized spacial score (nSPS) is 12.0. The van der Waals surface area contributed by atoms with Gasteiger partial charge in [-0.1, -0.05) is 72.8 Å². The zero-order valence-electron chi connectivity index (χ0n) is 11.5. The summed E-state index contributed by atoms with van der Waals surface area (Å²) >= 11 is 0. The first-order chi connectivity index (χ1) is 10.4. The Kier molecular flexibility index (Phi) is 2.82. The molecule has 3 aromatic rings. The van der Waals surface area contributed by atoms with E-state index in [1.54, 1.807) is 0 Å². The zero-order valence-corrected chi connectivity index (χ0v) is 11.5. The second-order valence-corrected chi connectivity index (χ2v) is 5.09. The van der Waals surface area contributed by atoms with E-state index >= 15 is 0 Å². The first kappa shape index (κ1) is 12.0. The highest BCUT2D eigenvalue weighted by Crippen LogP contribution is 2.18. The van der Waals surface area contributed by atoms with Gasteiger partial charge in [0.2, 0.25) is 0 Å². The molecule has 0 unspecified atom stereocenters. The summed E-state index contributed by atoms with van der Waals surface area (Å²) in [4.78, 5) is 0. The third kappa shape index (κ3) is 2.03. The fourth-order valence-corrected chi connectivity index (χ4v) is 2.84. The molecule has 4 rings (SSSR count). The van der Waals surface area contributed by atoms with Crippen molar-refractivity contribution in [3.8, 4) is 11.1 Å². The van der Waals surface area contributed by atoms with Gasteiger partial charge in [0.25, 0.3) is 0 Å². The molecule has 3 aromatic carbocycles. The van der Waals surface area contributed by atoms with Gasteiger partial charge >= 0.3 is 0 Å². The lowest BCUT2D eigenvalue weighted by Crippen LogP contribution is -2.08. The molecular weight excluding hydrogens is 256 g/mol. The molecule has 0 saturated carbocycles. The van der Waals surface area contributed by atoms with Gasteiger partial charge in [0, 0.05) is 15.7 Å². The molecule has 1 aliphatic heterocycles. The van der Waals surface area contributed by atoms with Crippen LogP contribution in [0.15, 0.2) is 72.8 Å². The quantitative estimate of drug-likeness (QED) is 0.660. The number of rotatable bonds is 1. The van der Waals surface area contributed by atoms with Crippen LogP contribution < -0.4 is 10.4 Å². The molecule has 0 fully saturated rings. The van der Waals surface area contributed by atoms with Crippen molar-refractivity contribution >= 4 is 12.5 Å². The highest BCUT2D eigenvalue weighted by atomic mass is 16.5. The summed E-state index contributed by atoms with van der Waals surface area (Å²) in [5.74, 6) is 0. The van der Waals surface area contributed by atoms with Crippen molar-refractivity contribution in [1.29, 1.82) is 0 Å². The maximum absolute atomic E-state index is 5.59. The average molecular weight is 270 g/mol. The molecule has 0 aromatic heterocycles. The van der Waals surface area contributed by atoms with Crippen molar-refractivity contribution in [2.24, 2.45) is 0 Å². The van der Waals surface area contributed by atoms with E-state index in [9.17, 15) is 0 Å². The number of hydrogen-bond acceptors (Lipinski definition) is 1. The molecule has 0 bridgehead atoms. The largest absolute Gasteiger partial charge is 0.471 e. The first-order valence-corrected chi connectivity index (χ1v) is 7.03. The van der Waals surface area contributed by atoms with Gasteiger partial charge in [-0.15, -0.1) is 0 Å². The summed E-state index contributed by atoms with van der Waals surface area (Å²) in [5.41, 5.74) is 2.45. The Bertz CT molecular complexity index is 1000. The van der Waals surface area contributed by atoms with E-state index in [-0.39, 0.29) is 0 Å². The fraction of sp³-hybridized carbons (Fsp3) is 0. The van der Waals surface area contributed by atoms with Crippen molar-refractivity contribution in [1.82, 2.24) is 0 Å². The Labute approximate surface area is 122 Å². The molecule has 0 spiro atoms. The van der Waals surface area contributed by atoms with Gasteiger partial charge in [-0.05, 0) is 16.3 Å². The van der Waals surface area contributed by atoms with Crippen LogP contribution in [-0.2, 0) is 4.74 Å². The highest BCUT2D eigenvalue weighted by Gasteiger charge is 2.03. The third-order valence-corrected chi connectivity index (χ3v) is 3.80. The maximum atomic E-state index is 5.59. The van der Waals surface area contributed by atoms with Crippen LogP contribution in [0.3, 0.4) is 0 Å². The molecule has 0 aliphatic carbocycles. The van der Waals surface area contributed by atoms with Crippen LogP contribution in [-0.4, -0.2) is 0 Å². The Morgan fingerprint density at radius 1 is 0.571 bits per heavy atom. The van der Waals surface area contributed by atoms with Crippen LogP contribution >= 0.6 is 0 Å². The lowest BCUT2D eigenvalue weighted by Gasteiger charge is -2.04. The van der Waals surface area contributed by atoms with Crippen molar-refractivity contribution in [3.05, 3.63) is 93.7 Å². The van der Waals surface area contributed by atoms with E-state index in [2.05, 4.69) is 60.7 Å². The minimum Gasteiger partial charge on any atom is -0.471 e. The van der Waals surface area contributed by atoms with E-state index in [0.717, 1.165) is 10.4 Å². The molecule has 0 amide bonds. The maximum Gasteiger partial charge on any atom is 0.0980 e. The molecule has 0 radical (unpaired) electrons. The lowest BCUT2D eigenvalue weighted by atomic mass is 10.00. The predicted molar refractivity (Wildman–Crippen MR) is 85.3 cm³/mol. The van der Waals surface area contributed by atoms with E-state index in [4.69, 9.17) is 4.74 Å². The molecular formula is C20H14O. The zero-order chi connectivity index (χ0) is 14.1. The van der Waals surface area contributed by atoms with Crippen LogP contribution in [0.4, 0.5) is 0 Å². The monoisotopic (exact) mass is 270 g/mol. The van der Waals surface area contributed by atoms with Crippen LogP contribution in [0.2, 0.25) is 0 Å². The summed E-state index contributed by atoms with van der Waals surface area (Å²) in [6.45, 7) is 0. The van der Waals surface area contributed by atoms with E-state index in [1.165, 1.54) is 21.6 Å². The van der Waals surface area contributed by atoms with Crippen LogP contribution in [0.1, 0.15) is 0 Å². The average Bonchev–Trinajstić information content (AvgIpc) is 2.75. The molecule has 1 aliphatic rings. The predicted octanol–water partition coefficient (Wildman–Crippen LogP) is 3.15. The third-order valence-electron chi connectivity index (χ3n) is 3.80. The second-order valence-electron chi connectivity index (χ2n) is 5.09. The molecule has 0 atom stereocenters. The first-order valence-electron chi connectivity index (χ1n) is 7.03. The lowest BCUT2D eigenvalue weighted by molar-refractivity contribution is 0.522. The van der Waals surface area contributed by atoms with Crippen molar-refractivity contribution < 1.29 is 4.74 Å². The number of hydrogen-bond donors (Lipinski definition) is 0. The molecule has 100 valence electrons. The van der Waals surface area contributed by atoms with Gasteiger partial charge in [-0.3, -0.25) is 0 Å². The Morgan fingerprint density at radius 3 is 2.19 bits per heavy atom. The Hall–Kier alpha value is -2.80. The fourth-order valence-electron chi connectivity index (χ4n) is 2.84. The molecule has 0 saturated heterocycles. The SMILES string of the molecule is C1=c2ccccc2=c2c(-c3ccccc3)cccc2=CO1. The van der Waals surface area contributed by atoms with Crippen molar-refractivity contribution in [2.45, 2.75) is 0 Å². The topological polar surface area (TPSA) is 9.23 Å². The van der Waals surface area contributed by atoms with Crippen LogP contribution in [0.5, 0.6) is 0 Å². The molecule has 1 heteroatoms. The number of ether oxygens (including phenoxy) is 1. The molecule has 1 nitrogen and oxygen atoms in total. The van der Waals surface area contributed by atoms with E-state index in [1.807, 2.05) is 24.7 Å². The number of fused-ring (bicyclic) bond motifs is 2. The summed E-state index contributed by atoms with van der Waals surface area (Å²) in [6, 6.07) is 25.2. The van der Waals surface area contributed by atoms with Gasteiger partial charge in [-0.25, -0.2) is 0 Å². The number of benzene rings is 3. The summed E-state index contributed by atoms with van der Waals surface area (Å²) in [6.07, 6.45) is 3.63. The van der Waals surface area contributed by atoms with Crippen molar-refractivity contribution in [2.75, 3.05) is 0 Å². The minimum atomic E-state index is 1.11. The Morgan fingerprint density at radius 2 is 1.29 bits per heavy atom. The van der Waals surface area contributed by atoms with Crippen molar-refractivity contribution in [3.63, 3.8) is 0 Å². The van der Waals surface area contributed by atoms with Crippen LogP contribution in [0, 0.1) is 10.4 Å². The summed E-state index contributed by atoms with van der Waals surface area (Å²) in [5, 5.41) is 4.65. The standard InChI is InChI=1S/C20H14O/c1-2-7-15(8-3-1)18-12-6-10-17-14-21-13-16-9-4-5-11-19(16)20(17)18/h1-14H. The van der Waals surface area contributed by atoms with Gasteiger partial charge in [0.15, 0.2) is 0 Å². The minimum absolute atomic E-state index is 1.11. The van der Waals surface area contributed by atoms with Gasteiger partial charge in [0.05, 0.1) is 12.5 Å². The summed E-state index contributed by atoms with van der Waals surface area (Å²) in [7, 11) is 0.